The lowest BCUT2D eigenvalue weighted by atomic mass is 10.1. The maximum absolute atomic E-state index is 13.1. The standard InChI is InChI=1S/C22H25N3O6/c1-22(2)30-13-16(14-31-22)25-19(26)11-24(17-9-10-18(28-3)23-20(17)25)21(27)29-12-15-7-5-4-6-8-15/h4-10,16H,11-14H2,1-3H3. The summed E-state index contributed by atoms with van der Waals surface area (Å²) >= 11 is 0. The first-order valence-corrected chi connectivity index (χ1v) is 10.0. The molecule has 0 radical (unpaired) electrons. The van der Waals surface area contributed by atoms with Gasteiger partial charge in [0, 0.05) is 6.07 Å². The lowest BCUT2D eigenvalue weighted by Crippen LogP contribution is -2.58. The lowest BCUT2D eigenvalue weighted by Gasteiger charge is -2.43. The average Bonchev–Trinajstić information content (AvgIpc) is 2.78. The molecule has 1 aromatic carbocycles. The molecule has 0 bridgehead atoms. The number of hydrogen-bond acceptors (Lipinski definition) is 7. The van der Waals surface area contributed by atoms with Crippen molar-refractivity contribution in [1.29, 1.82) is 0 Å². The van der Waals surface area contributed by atoms with E-state index in [4.69, 9.17) is 18.9 Å². The van der Waals surface area contributed by atoms with E-state index in [2.05, 4.69) is 4.98 Å². The zero-order valence-corrected chi connectivity index (χ0v) is 17.7. The van der Waals surface area contributed by atoms with Crippen molar-refractivity contribution in [3.05, 3.63) is 48.0 Å². The smallest absolute Gasteiger partial charge is 0.415 e. The number of carbonyl (C=O) groups is 2. The number of nitrogens with zero attached hydrogens (tertiary/aromatic N) is 3. The first kappa shape index (κ1) is 21.1. The molecule has 1 aromatic heterocycles. The summed E-state index contributed by atoms with van der Waals surface area (Å²) in [6.45, 7) is 4.15. The molecule has 4 rings (SSSR count). The Hall–Kier alpha value is -3.17. The zero-order valence-electron chi connectivity index (χ0n) is 17.7. The van der Waals surface area contributed by atoms with E-state index in [0.29, 0.717) is 17.4 Å². The van der Waals surface area contributed by atoms with Crippen molar-refractivity contribution in [2.75, 3.05) is 36.7 Å². The van der Waals surface area contributed by atoms with Crippen LogP contribution in [0.15, 0.2) is 42.5 Å². The monoisotopic (exact) mass is 427 g/mol. The van der Waals surface area contributed by atoms with E-state index in [0.717, 1.165) is 5.56 Å². The summed E-state index contributed by atoms with van der Waals surface area (Å²) in [4.78, 5) is 33.2. The summed E-state index contributed by atoms with van der Waals surface area (Å²) in [6, 6.07) is 12.3. The summed E-state index contributed by atoms with van der Waals surface area (Å²) in [6.07, 6.45) is -0.623. The second kappa shape index (κ2) is 8.52. The summed E-state index contributed by atoms with van der Waals surface area (Å²) in [5.41, 5.74) is 1.32. The number of ether oxygens (including phenoxy) is 4. The van der Waals surface area contributed by atoms with Gasteiger partial charge in [0.25, 0.3) is 0 Å². The molecule has 1 fully saturated rings. The number of anilines is 2. The summed E-state index contributed by atoms with van der Waals surface area (Å²) < 4.78 is 22.1. The van der Waals surface area contributed by atoms with Gasteiger partial charge in [-0.25, -0.2) is 4.79 Å². The highest BCUT2D eigenvalue weighted by atomic mass is 16.7. The van der Waals surface area contributed by atoms with Crippen LogP contribution in [0.3, 0.4) is 0 Å². The normalized spacial score (nSPS) is 18.5. The highest BCUT2D eigenvalue weighted by molar-refractivity contribution is 6.09. The van der Waals surface area contributed by atoms with Crippen LogP contribution in [-0.2, 0) is 25.6 Å². The number of fused-ring (bicyclic) bond motifs is 1. The number of amides is 2. The second-order valence-corrected chi connectivity index (χ2v) is 7.76. The topological polar surface area (TPSA) is 90.4 Å². The van der Waals surface area contributed by atoms with Gasteiger partial charge in [0.15, 0.2) is 11.6 Å². The van der Waals surface area contributed by atoms with Crippen molar-refractivity contribution in [2.45, 2.75) is 32.3 Å². The number of rotatable bonds is 4. The summed E-state index contributed by atoms with van der Waals surface area (Å²) in [7, 11) is 1.49. The van der Waals surface area contributed by atoms with Crippen LogP contribution in [0.1, 0.15) is 19.4 Å². The van der Waals surface area contributed by atoms with E-state index in [1.54, 1.807) is 12.1 Å². The molecule has 0 spiro atoms. The largest absolute Gasteiger partial charge is 0.481 e. The number of pyridine rings is 1. The number of hydrogen-bond donors (Lipinski definition) is 0. The molecular weight excluding hydrogens is 402 g/mol. The molecule has 9 heteroatoms. The Kier molecular flexibility index (Phi) is 5.79. The first-order valence-electron chi connectivity index (χ1n) is 10.0. The third-order valence-corrected chi connectivity index (χ3v) is 5.16. The van der Waals surface area contributed by atoms with Gasteiger partial charge in [-0.1, -0.05) is 30.3 Å². The number of aromatic nitrogens is 1. The molecule has 0 unspecified atom stereocenters. The van der Waals surface area contributed by atoms with Gasteiger partial charge in [-0.15, -0.1) is 0 Å². The molecule has 9 nitrogen and oxygen atoms in total. The number of carbonyl (C=O) groups excluding carboxylic acids is 2. The van der Waals surface area contributed by atoms with Crippen LogP contribution < -0.4 is 14.5 Å². The fraction of sp³-hybridized carbons (Fsp3) is 0.409. The molecule has 2 aliphatic rings. The molecule has 2 aliphatic heterocycles. The van der Waals surface area contributed by atoms with Gasteiger partial charge in [-0.05, 0) is 25.5 Å². The van der Waals surface area contributed by atoms with Crippen LogP contribution in [0.4, 0.5) is 16.3 Å². The highest BCUT2D eigenvalue weighted by Crippen LogP contribution is 2.36. The average molecular weight is 427 g/mol. The van der Waals surface area contributed by atoms with E-state index >= 15 is 0 Å². The van der Waals surface area contributed by atoms with Crippen molar-refractivity contribution in [3.63, 3.8) is 0 Å². The highest BCUT2D eigenvalue weighted by Gasteiger charge is 2.41. The molecule has 0 atom stereocenters. The quantitative estimate of drug-likeness (QED) is 0.741. The van der Waals surface area contributed by atoms with Crippen LogP contribution in [-0.4, -0.2) is 55.7 Å². The summed E-state index contributed by atoms with van der Waals surface area (Å²) in [5, 5.41) is 0. The molecule has 1 saturated heterocycles. The van der Waals surface area contributed by atoms with Crippen LogP contribution >= 0.6 is 0 Å². The van der Waals surface area contributed by atoms with Crippen molar-refractivity contribution in [3.8, 4) is 5.88 Å². The maximum atomic E-state index is 13.1. The summed E-state index contributed by atoms with van der Waals surface area (Å²) in [5.74, 6) is -0.382. The van der Waals surface area contributed by atoms with Gasteiger partial charge in [0.05, 0.1) is 32.1 Å². The fourth-order valence-corrected chi connectivity index (χ4v) is 3.51. The molecule has 2 aromatic rings. The van der Waals surface area contributed by atoms with Gasteiger partial charge >= 0.3 is 6.09 Å². The van der Waals surface area contributed by atoms with Crippen molar-refractivity contribution < 1.29 is 28.5 Å². The molecular formula is C22H25N3O6. The van der Waals surface area contributed by atoms with Gasteiger partial charge < -0.3 is 18.9 Å². The third kappa shape index (κ3) is 4.47. The minimum atomic E-state index is -0.715. The predicted molar refractivity (Wildman–Crippen MR) is 112 cm³/mol. The molecule has 0 aliphatic carbocycles. The van der Waals surface area contributed by atoms with E-state index < -0.39 is 11.9 Å². The molecule has 31 heavy (non-hydrogen) atoms. The van der Waals surface area contributed by atoms with Gasteiger partial charge in [-0.2, -0.15) is 4.98 Å². The van der Waals surface area contributed by atoms with Crippen molar-refractivity contribution in [2.24, 2.45) is 0 Å². The molecule has 2 amide bonds. The first-order chi connectivity index (χ1) is 14.9. The van der Waals surface area contributed by atoms with Gasteiger partial charge in [-0.3, -0.25) is 14.6 Å². The van der Waals surface area contributed by atoms with Gasteiger partial charge in [0.1, 0.15) is 13.2 Å². The van der Waals surface area contributed by atoms with E-state index in [1.165, 1.54) is 16.9 Å². The van der Waals surface area contributed by atoms with Crippen LogP contribution in [0.5, 0.6) is 5.88 Å². The number of methoxy groups -OCH3 is 1. The third-order valence-electron chi connectivity index (χ3n) is 5.16. The minimum Gasteiger partial charge on any atom is -0.481 e. The Balaban J connectivity index is 1.59. The van der Waals surface area contributed by atoms with Crippen LogP contribution in [0, 0.1) is 0 Å². The maximum Gasteiger partial charge on any atom is 0.415 e. The minimum absolute atomic E-state index is 0.104. The lowest BCUT2D eigenvalue weighted by molar-refractivity contribution is -0.249. The second-order valence-electron chi connectivity index (χ2n) is 7.76. The van der Waals surface area contributed by atoms with Crippen LogP contribution in [0.2, 0.25) is 0 Å². The Labute approximate surface area is 180 Å². The van der Waals surface area contributed by atoms with Crippen molar-refractivity contribution >= 4 is 23.5 Å². The molecule has 3 heterocycles. The van der Waals surface area contributed by atoms with Crippen molar-refractivity contribution in [1.82, 2.24) is 4.98 Å². The Bertz CT molecular complexity index is 955. The molecule has 0 saturated carbocycles. The Morgan fingerprint density at radius 1 is 1.16 bits per heavy atom. The molecule has 164 valence electrons. The van der Waals surface area contributed by atoms with Crippen LogP contribution in [0.25, 0.3) is 0 Å². The van der Waals surface area contributed by atoms with Gasteiger partial charge in [0.2, 0.25) is 11.8 Å². The number of benzene rings is 1. The Morgan fingerprint density at radius 3 is 2.55 bits per heavy atom. The SMILES string of the molecule is COc1ccc2c(n1)N(C1COC(C)(C)OC1)C(=O)CN2C(=O)OCc1ccccc1. The predicted octanol–water partition coefficient (Wildman–Crippen LogP) is 2.73. The van der Waals surface area contributed by atoms with E-state index in [-0.39, 0.29) is 38.3 Å². The Morgan fingerprint density at radius 2 is 1.87 bits per heavy atom. The van der Waals surface area contributed by atoms with E-state index in [1.807, 2.05) is 44.2 Å². The zero-order chi connectivity index (χ0) is 22.0. The molecule has 0 N–H and O–H groups in total. The van der Waals surface area contributed by atoms with E-state index in [9.17, 15) is 9.59 Å². The fourth-order valence-electron chi connectivity index (χ4n) is 3.51.